The molecule has 43 heavy (non-hydrogen) atoms. The lowest BCUT2D eigenvalue weighted by atomic mass is 9.98. The zero-order valence-corrected chi connectivity index (χ0v) is 24.3. The Morgan fingerprint density at radius 3 is 2.19 bits per heavy atom. The first-order valence-corrected chi connectivity index (χ1v) is 15.7. The number of fused-ring (bicyclic) bond motifs is 8. The number of para-hydroxylation sites is 2. The van der Waals surface area contributed by atoms with Crippen molar-refractivity contribution in [3.05, 3.63) is 145 Å². The van der Waals surface area contributed by atoms with Crippen molar-refractivity contribution in [2.45, 2.75) is 12.8 Å². The predicted octanol–water partition coefficient (Wildman–Crippen LogP) is 12.1. The monoisotopic (exact) mass is 569 g/mol. The molecule has 0 atom stereocenters. The smallest absolute Gasteiger partial charge is 0.143 e. The molecule has 9 rings (SSSR count). The molecule has 0 unspecified atom stereocenters. The first-order valence-electron chi connectivity index (χ1n) is 14.8. The van der Waals surface area contributed by atoms with Crippen LogP contribution in [0, 0.1) is 0 Å². The number of anilines is 2. The molecule has 3 heteroatoms. The van der Waals surface area contributed by atoms with Gasteiger partial charge in [0.1, 0.15) is 11.2 Å². The molecule has 0 bridgehead atoms. The Morgan fingerprint density at radius 1 is 0.535 bits per heavy atom. The Bertz CT molecular complexity index is 2420. The van der Waals surface area contributed by atoms with Gasteiger partial charge in [0.05, 0.1) is 16.1 Å². The predicted molar refractivity (Wildman–Crippen MR) is 185 cm³/mol. The highest BCUT2D eigenvalue weighted by atomic mass is 32.1. The maximum atomic E-state index is 6.80. The van der Waals surface area contributed by atoms with Gasteiger partial charge in [-0.1, -0.05) is 109 Å². The van der Waals surface area contributed by atoms with E-state index in [9.17, 15) is 0 Å². The maximum absolute atomic E-state index is 6.80. The van der Waals surface area contributed by atoms with E-state index in [4.69, 9.17) is 4.42 Å². The normalized spacial score (nSPS) is 13.4. The SMILES string of the molecule is C1=CC(N(c2ccccc2-c2cccc3c2oc2c4ccccc4ccc32)c2cccc3c2sc2ccccc23)=CCC1. The van der Waals surface area contributed by atoms with Crippen LogP contribution in [0.25, 0.3) is 64.0 Å². The Kier molecular flexibility index (Phi) is 5.53. The molecule has 0 spiro atoms. The lowest BCUT2D eigenvalue weighted by molar-refractivity contribution is 0.674. The van der Waals surface area contributed by atoms with E-state index in [2.05, 4.69) is 144 Å². The van der Waals surface area contributed by atoms with Gasteiger partial charge in [0.15, 0.2) is 0 Å². The summed E-state index contributed by atoms with van der Waals surface area (Å²) in [5.41, 5.74) is 7.66. The summed E-state index contributed by atoms with van der Waals surface area (Å²) in [5, 5.41) is 7.23. The minimum atomic E-state index is 0.925. The fourth-order valence-electron chi connectivity index (χ4n) is 6.72. The van der Waals surface area contributed by atoms with Crippen molar-refractivity contribution in [1.29, 1.82) is 0 Å². The molecule has 0 radical (unpaired) electrons. The topological polar surface area (TPSA) is 16.4 Å². The molecule has 204 valence electrons. The summed E-state index contributed by atoms with van der Waals surface area (Å²) in [6.45, 7) is 0. The number of thiophene rings is 1. The zero-order valence-electron chi connectivity index (χ0n) is 23.5. The highest BCUT2D eigenvalue weighted by molar-refractivity contribution is 7.26. The van der Waals surface area contributed by atoms with Gasteiger partial charge in [0.25, 0.3) is 0 Å². The largest absolute Gasteiger partial charge is 0.455 e. The summed E-state index contributed by atoms with van der Waals surface area (Å²) in [7, 11) is 0. The Labute approximate surface area is 253 Å². The number of benzene rings is 6. The lowest BCUT2D eigenvalue weighted by Gasteiger charge is -2.30. The first-order chi connectivity index (χ1) is 21.3. The van der Waals surface area contributed by atoms with E-state index in [1.807, 2.05) is 11.3 Å². The van der Waals surface area contributed by atoms with Crippen LogP contribution in [0.15, 0.2) is 150 Å². The zero-order chi connectivity index (χ0) is 28.3. The summed E-state index contributed by atoms with van der Waals surface area (Å²) >= 11 is 1.87. The third-order valence-electron chi connectivity index (χ3n) is 8.68. The number of hydrogen-bond donors (Lipinski definition) is 0. The summed E-state index contributed by atoms with van der Waals surface area (Å²) in [4.78, 5) is 2.46. The van der Waals surface area contributed by atoms with Crippen molar-refractivity contribution >= 4 is 75.6 Å². The van der Waals surface area contributed by atoms with Crippen molar-refractivity contribution in [3.8, 4) is 11.1 Å². The molecular formula is C40H27NOS. The van der Waals surface area contributed by atoms with Crippen LogP contribution >= 0.6 is 11.3 Å². The number of rotatable bonds is 4. The van der Waals surface area contributed by atoms with Gasteiger partial charge in [-0.25, -0.2) is 0 Å². The molecule has 2 heterocycles. The highest BCUT2D eigenvalue weighted by Crippen LogP contribution is 2.47. The van der Waals surface area contributed by atoms with E-state index >= 15 is 0 Å². The van der Waals surface area contributed by atoms with Crippen LogP contribution in [-0.4, -0.2) is 0 Å². The van der Waals surface area contributed by atoms with Crippen molar-refractivity contribution in [2.24, 2.45) is 0 Å². The Balaban J connectivity index is 1.32. The first kappa shape index (κ1) is 24.5. The summed E-state index contributed by atoms with van der Waals surface area (Å²) in [5.74, 6) is 0. The molecule has 1 aliphatic rings. The van der Waals surface area contributed by atoms with Crippen LogP contribution in [0.1, 0.15) is 12.8 Å². The van der Waals surface area contributed by atoms with E-state index in [0.717, 1.165) is 57.0 Å². The van der Waals surface area contributed by atoms with Crippen molar-refractivity contribution in [1.82, 2.24) is 0 Å². The van der Waals surface area contributed by atoms with E-state index in [1.54, 1.807) is 0 Å². The van der Waals surface area contributed by atoms with Crippen LogP contribution in [0.5, 0.6) is 0 Å². The molecule has 0 N–H and O–H groups in total. The van der Waals surface area contributed by atoms with Crippen LogP contribution in [-0.2, 0) is 0 Å². The molecule has 2 aromatic heterocycles. The van der Waals surface area contributed by atoms with Crippen molar-refractivity contribution in [2.75, 3.05) is 4.90 Å². The molecule has 0 aliphatic heterocycles. The van der Waals surface area contributed by atoms with Gasteiger partial charge in [-0.15, -0.1) is 11.3 Å². The Hall–Kier alpha value is -5.12. The van der Waals surface area contributed by atoms with Crippen LogP contribution < -0.4 is 4.90 Å². The molecule has 6 aromatic carbocycles. The quantitative estimate of drug-likeness (QED) is 0.210. The van der Waals surface area contributed by atoms with Gasteiger partial charge < -0.3 is 9.32 Å². The third-order valence-corrected chi connectivity index (χ3v) is 9.89. The van der Waals surface area contributed by atoms with Gasteiger partial charge >= 0.3 is 0 Å². The van der Waals surface area contributed by atoms with Crippen LogP contribution in [0.4, 0.5) is 11.4 Å². The minimum absolute atomic E-state index is 0.925. The Morgan fingerprint density at radius 2 is 1.26 bits per heavy atom. The summed E-state index contributed by atoms with van der Waals surface area (Å²) in [6.07, 6.45) is 9.04. The number of hydrogen-bond acceptors (Lipinski definition) is 3. The second-order valence-electron chi connectivity index (χ2n) is 11.2. The van der Waals surface area contributed by atoms with Crippen molar-refractivity contribution in [3.63, 3.8) is 0 Å². The van der Waals surface area contributed by atoms with E-state index in [1.165, 1.54) is 36.9 Å². The molecule has 0 saturated carbocycles. The van der Waals surface area contributed by atoms with E-state index in [0.29, 0.717) is 0 Å². The number of nitrogens with zero attached hydrogens (tertiary/aromatic N) is 1. The van der Waals surface area contributed by atoms with E-state index in [-0.39, 0.29) is 0 Å². The van der Waals surface area contributed by atoms with Gasteiger partial charge in [-0.2, -0.15) is 0 Å². The molecule has 0 fully saturated rings. The average Bonchev–Trinajstić information content (AvgIpc) is 3.65. The lowest BCUT2D eigenvalue weighted by Crippen LogP contribution is -2.17. The number of allylic oxidation sites excluding steroid dienone is 3. The third kappa shape index (κ3) is 3.78. The highest BCUT2D eigenvalue weighted by Gasteiger charge is 2.23. The van der Waals surface area contributed by atoms with Gasteiger partial charge in [0, 0.05) is 48.5 Å². The molecule has 8 aromatic rings. The van der Waals surface area contributed by atoms with Gasteiger partial charge in [-0.3, -0.25) is 0 Å². The molecular weight excluding hydrogens is 543 g/mol. The summed E-state index contributed by atoms with van der Waals surface area (Å²) in [6, 6.07) is 43.7. The van der Waals surface area contributed by atoms with Crippen LogP contribution in [0.2, 0.25) is 0 Å². The second kappa shape index (κ2) is 9.72. The average molecular weight is 570 g/mol. The second-order valence-corrected chi connectivity index (χ2v) is 12.2. The fraction of sp³-hybridized carbons (Fsp3) is 0.0500. The van der Waals surface area contributed by atoms with Gasteiger partial charge in [-0.05, 0) is 48.6 Å². The molecule has 2 nitrogen and oxygen atoms in total. The molecule has 0 saturated heterocycles. The fourth-order valence-corrected chi connectivity index (χ4v) is 7.92. The standard InChI is InChI=1S/C40H27NOS/c1-2-13-27(14-3-1)41(36-22-11-20-34-30-17-7-9-23-37(30)43-40(34)36)35-21-8-6-16-29(35)31-18-10-19-32-33-25-24-26-12-4-5-15-28(26)38(33)42-39(31)32/h2,4-25H,1,3H2. The maximum Gasteiger partial charge on any atom is 0.143 e. The molecule has 0 amide bonds. The summed E-state index contributed by atoms with van der Waals surface area (Å²) < 4.78 is 9.41. The van der Waals surface area contributed by atoms with Crippen LogP contribution in [0.3, 0.4) is 0 Å². The van der Waals surface area contributed by atoms with Crippen molar-refractivity contribution < 1.29 is 4.42 Å². The van der Waals surface area contributed by atoms with E-state index < -0.39 is 0 Å². The number of furan rings is 1. The minimum Gasteiger partial charge on any atom is -0.455 e. The molecule has 1 aliphatic carbocycles. The van der Waals surface area contributed by atoms with Gasteiger partial charge in [0.2, 0.25) is 0 Å².